The fourth-order valence-electron chi connectivity index (χ4n) is 5.26. The number of hydrogen-bond acceptors (Lipinski definition) is 6. The van der Waals surface area contributed by atoms with Gasteiger partial charge in [0.1, 0.15) is 11.5 Å². The van der Waals surface area contributed by atoms with Gasteiger partial charge in [-0.25, -0.2) is 9.59 Å². The minimum atomic E-state index is -0.639. The molecule has 244 valence electrons. The minimum Gasteiger partial charge on any atom is -0.423 e. The normalized spacial score (nSPS) is 10.8. The second-order valence-corrected chi connectivity index (χ2v) is 11.7. The summed E-state index contributed by atoms with van der Waals surface area (Å²) in [5.41, 5.74) is 8.27. The van der Waals surface area contributed by atoms with Gasteiger partial charge in [-0.1, -0.05) is 112 Å². The van der Waals surface area contributed by atoms with Crippen LogP contribution in [0.3, 0.4) is 0 Å². The second kappa shape index (κ2) is 17.8. The maximum atomic E-state index is 12.0. The van der Waals surface area contributed by atoms with Crippen LogP contribution in [0.4, 0.5) is 0 Å². The number of hydrogen-bond donors (Lipinski definition) is 2. The van der Waals surface area contributed by atoms with Gasteiger partial charge in [0.05, 0.1) is 24.4 Å². The number of aliphatic hydroxyl groups is 2. The molecule has 0 bridgehead atoms. The third kappa shape index (κ3) is 10.4. The Morgan fingerprint density at radius 3 is 1.53 bits per heavy atom. The van der Waals surface area contributed by atoms with E-state index in [4.69, 9.17) is 19.7 Å². The van der Waals surface area contributed by atoms with E-state index in [0.29, 0.717) is 11.5 Å². The van der Waals surface area contributed by atoms with Crippen LogP contribution in [0.1, 0.15) is 55.7 Å². The number of carbonyl (C=O) groups is 2. The van der Waals surface area contributed by atoms with Crippen LogP contribution in [0.2, 0.25) is 0 Å². The highest BCUT2D eigenvalue weighted by atomic mass is 16.5. The van der Waals surface area contributed by atoms with Crippen LogP contribution in [0.15, 0.2) is 115 Å². The highest BCUT2D eigenvalue weighted by Gasteiger charge is 2.12. The largest absolute Gasteiger partial charge is 0.423 e. The van der Waals surface area contributed by atoms with E-state index in [1.807, 2.05) is 24.3 Å². The van der Waals surface area contributed by atoms with E-state index in [9.17, 15) is 9.59 Å². The van der Waals surface area contributed by atoms with E-state index < -0.39 is 25.2 Å². The Bertz CT molecular complexity index is 1650. The van der Waals surface area contributed by atoms with Gasteiger partial charge in [-0.05, 0) is 88.9 Å². The summed E-state index contributed by atoms with van der Waals surface area (Å²) in [4.78, 5) is 23.8. The van der Waals surface area contributed by atoms with E-state index in [1.54, 1.807) is 24.3 Å². The maximum Gasteiger partial charge on any atom is 0.341 e. The van der Waals surface area contributed by atoms with Gasteiger partial charge in [0.15, 0.2) is 0 Å². The van der Waals surface area contributed by atoms with Gasteiger partial charge in [-0.2, -0.15) is 0 Å². The van der Waals surface area contributed by atoms with Crippen LogP contribution in [0, 0.1) is 0 Å². The van der Waals surface area contributed by atoms with E-state index in [1.165, 1.54) is 42.4 Å². The molecule has 4 aromatic carbocycles. The number of aliphatic hydroxyl groups excluding tert-OH is 2. The van der Waals surface area contributed by atoms with E-state index in [2.05, 4.69) is 62.5 Å². The van der Waals surface area contributed by atoms with Crippen molar-refractivity contribution < 1.29 is 29.3 Å². The molecule has 0 unspecified atom stereocenters. The molecule has 0 aliphatic heterocycles. The predicted molar refractivity (Wildman–Crippen MR) is 187 cm³/mol. The fourth-order valence-corrected chi connectivity index (χ4v) is 5.26. The second-order valence-electron chi connectivity index (χ2n) is 11.7. The highest BCUT2D eigenvalue weighted by molar-refractivity contribution is 5.90. The van der Waals surface area contributed by atoms with Gasteiger partial charge in [0.2, 0.25) is 0 Å². The lowest BCUT2D eigenvalue weighted by Crippen LogP contribution is -2.12. The number of rotatable bonds is 17. The molecule has 47 heavy (non-hydrogen) atoms. The monoisotopic (exact) mass is 632 g/mol. The molecular weight excluding hydrogens is 588 g/mol. The van der Waals surface area contributed by atoms with Crippen LogP contribution in [0.25, 0.3) is 22.3 Å². The van der Waals surface area contributed by atoms with Crippen LogP contribution in [-0.4, -0.2) is 35.4 Å². The molecule has 0 aliphatic rings. The molecule has 6 nitrogen and oxygen atoms in total. The molecule has 4 rings (SSSR count). The van der Waals surface area contributed by atoms with E-state index in [-0.39, 0.29) is 11.1 Å². The molecule has 0 spiro atoms. The van der Waals surface area contributed by atoms with E-state index >= 15 is 0 Å². The Balaban J connectivity index is 1.43. The average molecular weight is 633 g/mol. The molecule has 6 heteroatoms. The molecule has 0 fully saturated rings. The van der Waals surface area contributed by atoms with Gasteiger partial charge in [0.25, 0.3) is 0 Å². The summed E-state index contributed by atoms with van der Waals surface area (Å²) >= 11 is 0. The number of carbonyl (C=O) groups excluding carboxylic acids is 2. The minimum absolute atomic E-state index is 0.0127. The van der Waals surface area contributed by atoms with Gasteiger partial charge in [-0.15, -0.1) is 0 Å². The Kier molecular flexibility index (Phi) is 13.3. The SMILES string of the molecule is C=C(CO)C(=O)Oc1ccc(-c2ccc(CCc3ccc(-c4ccc(OC(=O)C(=C)CO)cc4)cc3CCCCCCC)cc2)cc1. The summed E-state index contributed by atoms with van der Waals surface area (Å²) in [7, 11) is 0. The van der Waals surface area contributed by atoms with Crippen LogP contribution >= 0.6 is 0 Å². The van der Waals surface area contributed by atoms with Crippen molar-refractivity contribution in [3.8, 4) is 33.8 Å². The van der Waals surface area contributed by atoms with Crippen molar-refractivity contribution in [2.45, 2.75) is 58.3 Å². The number of ether oxygens (including phenoxy) is 2. The Labute approximate surface area is 278 Å². The van der Waals surface area contributed by atoms with Crippen molar-refractivity contribution in [3.63, 3.8) is 0 Å². The maximum absolute atomic E-state index is 12.0. The molecule has 2 N–H and O–H groups in total. The van der Waals surface area contributed by atoms with Crippen molar-refractivity contribution >= 4 is 11.9 Å². The lowest BCUT2D eigenvalue weighted by atomic mass is 9.92. The summed E-state index contributed by atoms with van der Waals surface area (Å²) in [5, 5.41) is 18.2. The summed E-state index contributed by atoms with van der Waals surface area (Å²) < 4.78 is 10.5. The molecule has 0 amide bonds. The average Bonchev–Trinajstić information content (AvgIpc) is 3.11. The molecule has 0 heterocycles. The number of esters is 2. The highest BCUT2D eigenvalue weighted by Crippen LogP contribution is 2.28. The van der Waals surface area contributed by atoms with Crippen LogP contribution in [0.5, 0.6) is 11.5 Å². The van der Waals surface area contributed by atoms with Crippen molar-refractivity contribution in [2.75, 3.05) is 13.2 Å². The smallest absolute Gasteiger partial charge is 0.341 e. The van der Waals surface area contributed by atoms with Crippen LogP contribution in [-0.2, 0) is 28.9 Å². The zero-order valence-electron chi connectivity index (χ0n) is 27.2. The fraction of sp³-hybridized carbons (Fsp3) is 0.268. The van der Waals surface area contributed by atoms with Crippen molar-refractivity contribution in [1.29, 1.82) is 0 Å². The molecule has 0 saturated carbocycles. The first kappa shape index (κ1) is 35.1. The third-order valence-corrected chi connectivity index (χ3v) is 8.15. The zero-order chi connectivity index (χ0) is 33.6. The predicted octanol–water partition coefficient (Wildman–Crippen LogP) is 8.23. The summed E-state index contributed by atoms with van der Waals surface area (Å²) in [5.74, 6) is -0.457. The zero-order valence-corrected chi connectivity index (χ0v) is 27.2. The van der Waals surface area contributed by atoms with Gasteiger partial charge in [-0.3, -0.25) is 0 Å². The van der Waals surface area contributed by atoms with E-state index in [0.717, 1.165) is 47.9 Å². The van der Waals surface area contributed by atoms with Gasteiger partial charge < -0.3 is 19.7 Å². The quantitative estimate of drug-likeness (QED) is 0.0527. The molecular formula is C41H44O6. The lowest BCUT2D eigenvalue weighted by molar-refractivity contribution is -0.131. The number of unbranched alkanes of at least 4 members (excludes halogenated alkanes) is 4. The first-order valence-corrected chi connectivity index (χ1v) is 16.2. The summed E-state index contributed by atoms with van der Waals surface area (Å²) in [6.45, 7) is 8.37. The van der Waals surface area contributed by atoms with Gasteiger partial charge in [0, 0.05) is 0 Å². The molecule has 0 radical (unpaired) electrons. The molecule has 0 aromatic heterocycles. The molecule has 0 atom stereocenters. The standard InChI is InChI=1S/C41H44O6/c1-4-5-6-7-8-9-36-26-37(35-20-24-39(25-21-35)47-41(45)30(3)28-43)17-16-34(36)15-12-31-10-13-32(14-11-31)33-18-22-38(23-19-33)46-40(44)29(2)27-42/h10-11,13-14,16-26,42-43H,2-9,12,15,27-28H2,1H3. The molecule has 4 aromatic rings. The summed E-state index contributed by atoms with van der Waals surface area (Å²) in [6.07, 6.45) is 9.02. The third-order valence-electron chi connectivity index (χ3n) is 8.15. The van der Waals surface area contributed by atoms with Crippen molar-refractivity contribution in [1.82, 2.24) is 0 Å². The first-order valence-electron chi connectivity index (χ1n) is 16.2. The van der Waals surface area contributed by atoms with Crippen LogP contribution < -0.4 is 9.47 Å². The number of aryl methyl sites for hydroxylation is 3. The Morgan fingerprint density at radius 1 is 0.553 bits per heavy atom. The number of benzene rings is 4. The van der Waals surface area contributed by atoms with Crippen molar-refractivity contribution in [3.05, 3.63) is 132 Å². The first-order chi connectivity index (χ1) is 22.8. The molecule has 0 saturated heterocycles. The molecule has 0 aliphatic carbocycles. The van der Waals surface area contributed by atoms with Gasteiger partial charge >= 0.3 is 11.9 Å². The Morgan fingerprint density at radius 2 is 1.02 bits per heavy atom. The summed E-state index contributed by atoms with van der Waals surface area (Å²) in [6, 6.07) is 30.0. The topological polar surface area (TPSA) is 93.1 Å². The Hall–Kier alpha value is -4.78. The van der Waals surface area contributed by atoms with Crippen molar-refractivity contribution in [2.24, 2.45) is 0 Å². The lowest BCUT2D eigenvalue weighted by Gasteiger charge is -2.14.